The number of ether oxygens (including phenoxy) is 2. The zero-order valence-corrected chi connectivity index (χ0v) is 20.4. The summed E-state index contributed by atoms with van der Waals surface area (Å²) in [5.74, 6) is 6.42. The van der Waals surface area contributed by atoms with Gasteiger partial charge in [0.15, 0.2) is 11.5 Å². The van der Waals surface area contributed by atoms with E-state index in [-0.39, 0.29) is 30.6 Å². The van der Waals surface area contributed by atoms with E-state index in [2.05, 4.69) is 28.1 Å². The van der Waals surface area contributed by atoms with Crippen LogP contribution in [0.25, 0.3) is 0 Å². The van der Waals surface area contributed by atoms with Crippen molar-refractivity contribution in [2.45, 2.75) is 38.3 Å². The van der Waals surface area contributed by atoms with E-state index in [1.807, 2.05) is 12.1 Å². The summed E-state index contributed by atoms with van der Waals surface area (Å²) in [4.78, 5) is 30.1. The molecule has 0 aromatic heterocycles. The summed E-state index contributed by atoms with van der Waals surface area (Å²) in [6.07, 6.45) is 1.72. The van der Waals surface area contributed by atoms with Gasteiger partial charge in [0, 0.05) is 13.0 Å². The minimum Gasteiger partial charge on any atom is -0.486 e. The molecule has 8 heteroatoms. The standard InChI is InChI=1S/C28H30FN3O4/c1-2-3-11-32-26(33)28(30-27(32)34,18-20-5-4-6-23(29)16-20)22-9-12-31(13-10-22)19-21-7-8-24-25(17-21)36-15-14-35-24/h4-8,16-17,22H,9-15,18-19H2,1H3,(H,30,34)/t28-/m0/s1. The molecule has 188 valence electrons. The Morgan fingerprint density at radius 3 is 2.58 bits per heavy atom. The van der Waals surface area contributed by atoms with Crippen LogP contribution in [0.5, 0.6) is 11.5 Å². The highest BCUT2D eigenvalue weighted by Gasteiger charge is 2.55. The van der Waals surface area contributed by atoms with Gasteiger partial charge in [-0.3, -0.25) is 14.6 Å². The lowest BCUT2D eigenvalue weighted by Gasteiger charge is -2.41. The number of benzene rings is 2. The van der Waals surface area contributed by atoms with E-state index in [1.165, 1.54) is 17.0 Å². The molecule has 3 aliphatic heterocycles. The molecule has 36 heavy (non-hydrogen) atoms. The van der Waals surface area contributed by atoms with Crippen LogP contribution in [0, 0.1) is 23.6 Å². The third-order valence-electron chi connectivity index (χ3n) is 7.29. The Hall–Kier alpha value is -3.57. The smallest absolute Gasteiger partial charge is 0.325 e. The predicted octanol–water partition coefficient (Wildman–Crippen LogP) is 3.37. The quantitative estimate of drug-likeness (QED) is 0.496. The van der Waals surface area contributed by atoms with Gasteiger partial charge in [0.05, 0.1) is 6.54 Å². The number of likely N-dealkylation sites (tertiary alicyclic amines) is 1. The maximum Gasteiger partial charge on any atom is 0.325 e. The number of hydrogen-bond donors (Lipinski definition) is 1. The first kappa shape index (κ1) is 24.1. The lowest BCUT2D eigenvalue weighted by molar-refractivity contribution is -0.133. The van der Waals surface area contributed by atoms with Gasteiger partial charge in [-0.2, -0.15) is 0 Å². The molecule has 0 unspecified atom stereocenters. The fourth-order valence-electron chi connectivity index (χ4n) is 5.48. The van der Waals surface area contributed by atoms with Crippen LogP contribution < -0.4 is 14.8 Å². The van der Waals surface area contributed by atoms with Crippen LogP contribution in [0.15, 0.2) is 42.5 Å². The summed E-state index contributed by atoms with van der Waals surface area (Å²) >= 11 is 0. The third-order valence-corrected chi connectivity index (χ3v) is 7.29. The number of carbonyl (C=O) groups excluding carboxylic acids is 2. The number of nitrogens with one attached hydrogen (secondary N) is 1. The van der Waals surface area contributed by atoms with Crippen molar-refractivity contribution in [1.29, 1.82) is 0 Å². The Labute approximate surface area is 210 Å². The Morgan fingerprint density at radius 1 is 1.06 bits per heavy atom. The van der Waals surface area contributed by atoms with Crippen LogP contribution in [0.3, 0.4) is 0 Å². The molecule has 2 saturated heterocycles. The molecule has 2 aromatic rings. The molecule has 2 fully saturated rings. The van der Waals surface area contributed by atoms with Gasteiger partial charge >= 0.3 is 6.03 Å². The molecule has 0 bridgehead atoms. The highest BCUT2D eigenvalue weighted by Crippen LogP contribution is 2.37. The second kappa shape index (κ2) is 10.2. The van der Waals surface area contributed by atoms with Crippen LogP contribution in [0.2, 0.25) is 0 Å². The first-order valence-corrected chi connectivity index (χ1v) is 12.4. The highest BCUT2D eigenvalue weighted by molar-refractivity contribution is 6.07. The molecular weight excluding hydrogens is 461 g/mol. The lowest BCUT2D eigenvalue weighted by atomic mass is 9.74. The van der Waals surface area contributed by atoms with Gasteiger partial charge < -0.3 is 14.8 Å². The molecule has 0 spiro atoms. The molecule has 2 aromatic carbocycles. The van der Waals surface area contributed by atoms with E-state index in [4.69, 9.17) is 9.47 Å². The molecular formula is C28H30FN3O4. The second-order valence-corrected chi connectivity index (χ2v) is 9.55. The average molecular weight is 492 g/mol. The van der Waals surface area contributed by atoms with Crippen molar-refractivity contribution >= 4 is 11.9 Å². The predicted molar refractivity (Wildman–Crippen MR) is 132 cm³/mol. The molecule has 5 rings (SSSR count). The number of rotatable bonds is 6. The summed E-state index contributed by atoms with van der Waals surface area (Å²) in [5, 5.41) is 3.01. The summed E-state index contributed by atoms with van der Waals surface area (Å²) in [5.41, 5.74) is 0.719. The summed E-state index contributed by atoms with van der Waals surface area (Å²) in [6.45, 7) is 5.16. The fraction of sp³-hybridized carbons (Fsp3) is 0.429. The monoisotopic (exact) mass is 491 g/mol. The summed E-state index contributed by atoms with van der Waals surface area (Å²) in [6, 6.07) is 11.9. The normalized spacial score (nSPS) is 22.2. The third kappa shape index (κ3) is 4.76. The maximum atomic E-state index is 14.0. The van der Waals surface area contributed by atoms with Crippen molar-refractivity contribution < 1.29 is 23.5 Å². The molecule has 3 amide bonds. The Bertz CT molecular complexity index is 1210. The molecule has 0 aliphatic carbocycles. The van der Waals surface area contributed by atoms with Crippen LogP contribution in [-0.4, -0.2) is 60.1 Å². The zero-order chi connectivity index (χ0) is 25.1. The number of urea groups is 1. The van der Waals surface area contributed by atoms with Crippen LogP contribution in [0.4, 0.5) is 9.18 Å². The average Bonchev–Trinajstić information content (AvgIpc) is 3.12. The van der Waals surface area contributed by atoms with Crippen LogP contribution >= 0.6 is 0 Å². The van der Waals surface area contributed by atoms with Crippen molar-refractivity contribution in [3.8, 4) is 23.3 Å². The van der Waals surface area contributed by atoms with Gasteiger partial charge in [0.1, 0.15) is 24.6 Å². The van der Waals surface area contributed by atoms with E-state index in [0.29, 0.717) is 18.8 Å². The zero-order valence-electron chi connectivity index (χ0n) is 20.4. The molecule has 3 aliphatic rings. The second-order valence-electron chi connectivity index (χ2n) is 9.55. The number of carbonyl (C=O) groups is 2. The molecule has 7 nitrogen and oxygen atoms in total. The van der Waals surface area contributed by atoms with E-state index in [0.717, 1.165) is 49.5 Å². The van der Waals surface area contributed by atoms with E-state index >= 15 is 0 Å². The van der Waals surface area contributed by atoms with E-state index in [9.17, 15) is 14.0 Å². The topological polar surface area (TPSA) is 71.1 Å². The van der Waals surface area contributed by atoms with E-state index < -0.39 is 11.6 Å². The number of nitrogens with zero attached hydrogens (tertiary/aromatic N) is 2. The summed E-state index contributed by atoms with van der Waals surface area (Å²) in [7, 11) is 0. The number of halogens is 1. The van der Waals surface area contributed by atoms with Crippen molar-refractivity contribution in [1.82, 2.24) is 15.1 Å². The van der Waals surface area contributed by atoms with Crippen LogP contribution in [0.1, 0.15) is 30.9 Å². The highest BCUT2D eigenvalue weighted by atomic mass is 19.1. The van der Waals surface area contributed by atoms with Gasteiger partial charge in [-0.05, 0) is 74.2 Å². The Morgan fingerprint density at radius 2 is 1.83 bits per heavy atom. The molecule has 0 saturated carbocycles. The van der Waals surface area contributed by atoms with Crippen molar-refractivity contribution in [3.05, 3.63) is 59.4 Å². The SMILES string of the molecule is CC#CCN1C(=O)N[C@@](Cc2cccc(F)c2)(C2CCN(Cc3ccc4c(c3)OCCO4)CC2)C1=O. The Balaban J connectivity index is 1.32. The van der Waals surface area contributed by atoms with Gasteiger partial charge in [-0.25, -0.2) is 9.18 Å². The van der Waals surface area contributed by atoms with Crippen LogP contribution in [-0.2, 0) is 17.8 Å². The Kier molecular flexibility index (Phi) is 6.84. The molecule has 3 heterocycles. The first-order chi connectivity index (χ1) is 17.5. The van der Waals surface area contributed by atoms with Crippen molar-refractivity contribution in [2.75, 3.05) is 32.8 Å². The molecule has 0 radical (unpaired) electrons. The van der Waals surface area contributed by atoms with Gasteiger partial charge in [-0.15, -0.1) is 5.92 Å². The number of amides is 3. The number of piperidine rings is 1. The molecule has 1 N–H and O–H groups in total. The van der Waals surface area contributed by atoms with Gasteiger partial charge in [-0.1, -0.05) is 24.1 Å². The lowest BCUT2D eigenvalue weighted by Crippen LogP contribution is -2.57. The maximum absolute atomic E-state index is 14.0. The number of fused-ring (bicyclic) bond motifs is 1. The fourth-order valence-corrected chi connectivity index (χ4v) is 5.48. The minimum absolute atomic E-state index is 0.0506. The van der Waals surface area contributed by atoms with Gasteiger partial charge in [0.2, 0.25) is 0 Å². The van der Waals surface area contributed by atoms with Gasteiger partial charge in [0.25, 0.3) is 5.91 Å². The van der Waals surface area contributed by atoms with Crippen molar-refractivity contribution in [3.63, 3.8) is 0 Å². The number of hydrogen-bond acceptors (Lipinski definition) is 5. The first-order valence-electron chi connectivity index (χ1n) is 12.4. The minimum atomic E-state index is -1.11. The largest absolute Gasteiger partial charge is 0.486 e. The summed E-state index contributed by atoms with van der Waals surface area (Å²) < 4.78 is 25.3. The van der Waals surface area contributed by atoms with E-state index in [1.54, 1.807) is 19.1 Å². The van der Waals surface area contributed by atoms with Crippen molar-refractivity contribution in [2.24, 2.45) is 5.92 Å². The molecule has 1 atom stereocenters. The number of imide groups is 1.